The van der Waals surface area contributed by atoms with Gasteiger partial charge in [0.25, 0.3) is 0 Å². The maximum Gasteiger partial charge on any atom is 0.226 e. The largest absolute Gasteiger partial charge is 0.388 e. The van der Waals surface area contributed by atoms with Crippen LogP contribution in [0.15, 0.2) is 53.0 Å². The number of aliphatic hydroxyl groups excluding tert-OH is 1. The van der Waals surface area contributed by atoms with Crippen LogP contribution in [-0.4, -0.2) is 15.9 Å². The Balaban J connectivity index is 1.67. The van der Waals surface area contributed by atoms with Gasteiger partial charge in [-0.1, -0.05) is 58.4 Å². The molecule has 2 aromatic carbocycles. The van der Waals surface area contributed by atoms with Crippen molar-refractivity contribution in [1.82, 2.24) is 4.90 Å². The first kappa shape index (κ1) is 14.3. The third kappa shape index (κ3) is 3.01. The van der Waals surface area contributed by atoms with Crippen molar-refractivity contribution in [3.8, 4) is 0 Å². The molecule has 0 fully saturated rings. The van der Waals surface area contributed by atoms with Gasteiger partial charge in [0.15, 0.2) is 0 Å². The first-order valence-electron chi connectivity index (χ1n) is 6.92. The molecule has 4 heteroatoms. The maximum atomic E-state index is 12.4. The number of amides is 1. The van der Waals surface area contributed by atoms with Crippen LogP contribution >= 0.6 is 15.9 Å². The maximum absolute atomic E-state index is 12.4. The number of rotatable bonds is 3. The molecular weight excluding hydrogens is 330 g/mol. The van der Waals surface area contributed by atoms with E-state index in [1.165, 1.54) is 11.1 Å². The van der Waals surface area contributed by atoms with Crippen LogP contribution in [0.4, 0.5) is 0 Å². The summed E-state index contributed by atoms with van der Waals surface area (Å²) in [5.74, 6) is -0.0190. The highest BCUT2D eigenvalue weighted by Gasteiger charge is 2.26. The van der Waals surface area contributed by atoms with Crippen molar-refractivity contribution in [3.05, 3.63) is 69.7 Å². The summed E-state index contributed by atoms with van der Waals surface area (Å²) >= 11 is 3.52. The molecule has 3 nitrogen and oxygen atoms in total. The fourth-order valence-electron chi connectivity index (χ4n) is 2.64. The quantitative estimate of drug-likeness (QED) is 0.925. The van der Waals surface area contributed by atoms with Crippen molar-refractivity contribution in [3.63, 3.8) is 0 Å². The van der Waals surface area contributed by atoms with Crippen LogP contribution < -0.4 is 0 Å². The fraction of sp³-hybridized carbons (Fsp3) is 0.235. The average molecular weight is 346 g/mol. The van der Waals surface area contributed by atoms with Gasteiger partial charge in [-0.05, 0) is 22.8 Å². The minimum atomic E-state index is -0.745. The molecule has 1 aliphatic rings. The molecular formula is C17H16BrNO2. The van der Waals surface area contributed by atoms with E-state index in [0.717, 1.165) is 10.0 Å². The van der Waals surface area contributed by atoms with Gasteiger partial charge < -0.3 is 10.0 Å². The van der Waals surface area contributed by atoms with Gasteiger partial charge in [-0.3, -0.25) is 4.79 Å². The minimum Gasteiger partial charge on any atom is -0.388 e. The number of halogens is 1. The molecule has 0 spiro atoms. The Morgan fingerprint density at radius 2 is 1.90 bits per heavy atom. The average Bonchev–Trinajstić information content (AvgIpc) is 2.94. The monoisotopic (exact) mass is 345 g/mol. The number of carbonyl (C=O) groups is 1. The van der Waals surface area contributed by atoms with Crippen molar-refractivity contribution in [2.24, 2.45) is 0 Å². The molecule has 0 saturated heterocycles. The lowest BCUT2D eigenvalue weighted by Crippen LogP contribution is -2.26. The van der Waals surface area contributed by atoms with E-state index in [0.29, 0.717) is 13.1 Å². The Morgan fingerprint density at radius 1 is 1.14 bits per heavy atom. The minimum absolute atomic E-state index is 0.0190. The number of carbonyl (C=O) groups excluding carboxylic acids is 1. The molecule has 0 radical (unpaired) electrons. The summed E-state index contributed by atoms with van der Waals surface area (Å²) in [5, 5.41) is 10.2. The van der Waals surface area contributed by atoms with Gasteiger partial charge >= 0.3 is 0 Å². The first-order chi connectivity index (χ1) is 10.1. The normalized spacial score (nSPS) is 14.9. The topological polar surface area (TPSA) is 40.5 Å². The smallest absolute Gasteiger partial charge is 0.226 e. The molecule has 1 unspecified atom stereocenters. The number of aliphatic hydroxyl groups is 1. The zero-order valence-electron chi connectivity index (χ0n) is 11.5. The number of nitrogens with zero attached hydrogens (tertiary/aromatic N) is 1. The Bertz CT molecular complexity index is 657. The molecule has 0 aromatic heterocycles. The lowest BCUT2D eigenvalue weighted by molar-refractivity contribution is -0.134. The zero-order chi connectivity index (χ0) is 14.8. The van der Waals surface area contributed by atoms with Gasteiger partial charge in [-0.2, -0.15) is 0 Å². The molecule has 108 valence electrons. The lowest BCUT2D eigenvalue weighted by atomic mass is 10.1. The van der Waals surface area contributed by atoms with E-state index in [1.807, 2.05) is 48.5 Å². The van der Waals surface area contributed by atoms with E-state index < -0.39 is 6.10 Å². The van der Waals surface area contributed by atoms with E-state index >= 15 is 0 Å². The van der Waals surface area contributed by atoms with Gasteiger partial charge in [0.05, 0.1) is 12.5 Å². The summed E-state index contributed by atoms with van der Waals surface area (Å²) in [6.07, 6.45) is -0.624. The third-order valence-electron chi connectivity index (χ3n) is 3.83. The Labute approximate surface area is 132 Å². The molecule has 2 aromatic rings. The molecule has 1 atom stereocenters. The highest BCUT2D eigenvalue weighted by Crippen LogP contribution is 2.30. The summed E-state index contributed by atoms with van der Waals surface area (Å²) in [6, 6.07) is 15.3. The van der Waals surface area contributed by atoms with Gasteiger partial charge in [0, 0.05) is 17.6 Å². The van der Waals surface area contributed by atoms with Gasteiger partial charge in [0.2, 0.25) is 5.91 Å². The second kappa shape index (κ2) is 6.00. The fourth-order valence-corrected chi connectivity index (χ4v) is 3.18. The van der Waals surface area contributed by atoms with Crippen molar-refractivity contribution in [2.45, 2.75) is 25.6 Å². The summed E-state index contributed by atoms with van der Waals surface area (Å²) in [4.78, 5) is 14.2. The Kier molecular flexibility index (Phi) is 4.08. The summed E-state index contributed by atoms with van der Waals surface area (Å²) in [7, 11) is 0. The molecule has 1 N–H and O–H groups in total. The van der Waals surface area contributed by atoms with Crippen LogP contribution in [0.2, 0.25) is 0 Å². The number of hydrogen-bond donors (Lipinski definition) is 1. The van der Waals surface area contributed by atoms with E-state index in [2.05, 4.69) is 15.9 Å². The number of hydrogen-bond acceptors (Lipinski definition) is 2. The van der Waals surface area contributed by atoms with Crippen molar-refractivity contribution < 1.29 is 9.90 Å². The predicted octanol–water partition coefficient (Wildman–Crippen LogP) is 3.42. The summed E-state index contributed by atoms with van der Waals surface area (Å²) in [6.45, 7) is 1.23. The van der Waals surface area contributed by atoms with Gasteiger partial charge in [0.1, 0.15) is 0 Å². The third-order valence-corrected chi connectivity index (χ3v) is 4.57. The highest BCUT2D eigenvalue weighted by atomic mass is 79.9. The van der Waals surface area contributed by atoms with Crippen molar-refractivity contribution in [1.29, 1.82) is 0 Å². The lowest BCUT2D eigenvalue weighted by Gasteiger charge is -2.18. The van der Waals surface area contributed by atoms with Crippen LogP contribution in [0.3, 0.4) is 0 Å². The SMILES string of the molecule is O=C(CC(O)c1ccccc1)N1Cc2cccc(Br)c2C1. The van der Waals surface area contributed by atoms with Gasteiger partial charge in [-0.25, -0.2) is 0 Å². The van der Waals surface area contributed by atoms with Crippen LogP contribution in [0, 0.1) is 0 Å². The molecule has 1 aliphatic heterocycles. The second-order valence-corrected chi connectivity index (χ2v) is 6.11. The summed E-state index contributed by atoms with van der Waals surface area (Å²) < 4.78 is 1.04. The Hall–Kier alpha value is -1.65. The molecule has 0 bridgehead atoms. The van der Waals surface area contributed by atoms with Gasteiger partial charge in [-0.15, -0.1) is 0 Å². The molecule has 21 heavy (non-hydrogen) atoms. The summed E-state index contributed by atoms with van der Waals surface area (Å²) in [5.41, 5.74) is 3.12. The first-order valence-corrected chi connectivity index (χ1v) is 7.71. The van der Waals surface area contributed by atoms with E-state index in [1.54, 1.807) is 4.90 Å². The Morgan fingerprint density at radius 3 is 2.62 bits per heavy atom. The van der Waals surface area contributed by atoms with Crippen molar-refractivity contribution in [2.75, 3.05) is 0 Å². The van der Waals surface area contributed by atoms with Crippen LogP contribution in [0.25, 0.3) is 0 Å². The molecule has 1 heterocycles. The second-order valence-electron chi connectivity index (χ2n) is 5.26. The highest BCUT2D eigenvalue weighted by molar-refractivity contribution is 9.10. The predicted molar refractivity (Wildman–Crippen MR) is 84.4 cm³/mol. The van der Waals surface area contributed by atoms with Crippen LogP contribution in [-0.2, 0) is 17.9 Å². The van der Waals surface area contributed by atoms with E-state index in [4.69, 9.17) is 0 Å². The molecule has 0 saturated carbocycles. The molecule has 1 amide bonds. The zero-order valence-corrected chi connectivity index (χ0v) is 13.1. The van der Waals surface area contributed by atoms with Crippen LogP contribution in [0.1, 0.15) is 29.2 Å². The standard InChI is InChI=1S/C17H16BrNO2/c18-15-8-4-7-13-10-19(11-14(13)15)17(21)9-16(20)12-5-2-1-3-6-12/h1-8,16,20H,9-11H2. The number of benzene rings is 2. The molecule has 3 rings (SSSR count). The molecule has 0 aliphatic carbocycles. The van der Waals surface area contributed by atoms with Crippen LogP contribution in [0.5, 0.6) is 0 Å². The number of fused-ring (bicyclic) bond motifs is 1. The van der Waals surface area contributed by atoms with Crippen molar-refractivity contribution >= 4 is 21.8 Å². The van der Waals surface area contributed by atoms with E-state index in [9.17, 15) is 9.90 Å². The van der Waals surface area contributed by atoms with E-state index in [-0.39, 0.29) is 12.3 Å².